The van der Waals surface area contributed by atoms with E-state index < -0.39 is 6.10 Å². The average Bonchev–Trinajstić information content (AvgIpc) is 2.54. The van der Waals surface area contributed by atoms with Gasteiger partial charge in [-0.2, -0.15) is 0 Å². The number of hydrogen-bond donors (Lipinski definition) is 2. The van der Waals surface area contributed by atoms with Crippen LogP contribution in [0.25, 0.3) is 0 Å². The first-order valence-electron chi connectivity index (χ1n) is 5.98. The Morgan fingerprint density at radius 1 is 1.62 bits per heavy atom. The number of ether oxygens (including phenoxy) is 1. The average molecular weight is 230 g/mol. The zero-order valence-electron chi connectivity index (χ0n) is 9.89. The summed E-state index contributed by atoms with van der Waals surface area (Å²) < 4.78 is 4.97. The van der Waals surface area contributed by atoms with Crippen molar-refractivity contribution in [2.24, 2.45) is 11.7 Å². The van der Waals surface area contributed by atoms with Crippen LogP contribution in [0.4, 0.5) is 4.79 Å². The van der Waals surface area contributed by atoms with Crippen molar-refractivity contribution < 1.29 is 14.6 Å². The van der Waals surface area contributed by atoms with Gasteiger partial charge in [0.05, 0.1) is 12.7 Å². The Kier molecular flexibility index (Phi) is 5.55. The van der Waals surface area contributed by atoms with Crippen molar-refractivity contribution in [1.82, 2.24) is 4.90 Å². The van der Waals surface area contributed by atoms with Gasteiger partial charge in [0.25, 0.3) is 0 Å². The largest absolute Gasteiger partial charge is 0.450 e. The molecular formula is C11H22N2O3. The highest BCUT2D eigenvalue weighted by molar-refractivity contribution is 5.67. The summed E-state index contributed by atoms with van der Waals surface area (Å²) in [6.07, 6.45) is 2.12. The van der Waals surface area contributed by atoms with Crippen molar-refractivity contribution in [3.05, 3.63) is 0 Å². The van der Waals surface area contributed by atoms with E-state index in [-0.39, 0.29) is 18.6 Å². The molecule has 0 aliphatic carbocycles. The Hall–Kier alpha value is -0.810. The molecule has 1 fully saturated rings. The lowest BCUT2D eigenvalue weighted by atomic mass is 9.97. The lowest BCUT2D eigenvalue weighted by molar-refractivity contribution is 0.0726. The van der Waals surface area contributed by atoms with Crippen LogP contribution in [0, 0.1) is 5.92 Å². The van der Waals surface area contributed by atoms with Gasteiger partial charge in [0.15, 0.2) is 0 Å². The molecule has 1 heterocycles. The molecule has 0 bridgehead atoms. The molecule has 3 N–H and O–H groups in total. The lowest BCUT2D eigenvalue weighted by Gasteiger charge is -2.26. The van der Waals surface area contributed by atoms with Crippen LogP contribution in [0.1, 0.15) is 26.2 Å². The SMILES string of the molecule is CCOC(=O)N1CCCCC(C(O)CN)C1. The van der Waals surface area contributed by atoms with E-state index in [1.165, 1.54) is 0 Å². The summed E-state index contributed by atoms with van der Waals surface area (Å²) in [6.45, 7) is 3.70. The maximum absolute atomic E-state index is 11.6. The number of aliphatic hydroxyl groups excluding tert-OH is 1. The van der Waals surface area contributed by atoms with E-state index in [1.54, 1.807) is 11.8 Å². The third-order valence-electron chi connectivity index (χ3n) is 3.02. The van der Waals surface area contributed by atoms with E-state index in [4.69, 9.17) is 10.5 Å². The van der Waals surface area contributed by atoms with Crippen molar-refractivity contribution in [2.75, 3.05) is 26.2 Å². The van der Waals surface area contributed by atoms with E-state index in [1.807, 2.05) is 0 Å². The van der Waals surface area contributed by atoms with Gasteiger partial charge in [-0.15, -0.1) is 0 Å². The first-order chi connectivity index (χ1) is 7.69. The van der Waals surface area contributed by atoms with E-state index in [9.17, 15) is 9.90 Å². The van der Waals surface area contributed by atoms with Crippen molar-refractivity contribution in [3.63, 3.8) is 0 Å². The Morgan fingerprint density at radius 3 is 3.00 bits per heavy atom. The highest BCUT2D eigenvalue weighted by atomic mass is 16.6. The topological polar surface area (TPSA) is 75.8 Å². The Morgan fingerprint density at radius 2 is 2.38 bits per heavy atom. The molecule has 1 rings (SSSR count). The molecule has 16 heavy (non-hydrogen) atoms. The molecular weight excluding hydrogens is 208 g/mol. The zero-order chi connectivity index (χ0) is 12.0. The van der Waals surface area contributed by atoms with Crippen LogP contribution in [0.3, 0.4) is 0 Å². The summed E-state index contributed by atoms with van der Waals surface area (Å²) in [5.74, 6) is 0.0805. The molecule has 1 amide bonds. The van der Waals surface area contributed by atoms with Crippen molar-refractivity contribution in [3.8, 4) is 0 Å². The minimum atomic E-state index is -0.518. The van der Waals surface area contributed by atoms with Crippen LogP contribution >= 0.6 is 0 Å². The maximum Gasteiger partial charge on any atom is 0.409 e. The second-order valence-electron chi connectivity index (χ2n) is 4.20. The highest BCUT2D eigenvalue weighted by Gasteiger charge is 2.26. The third-order valence-corrected chi connectivity index (χ3v) is 3.02. The van der Waals surface area contributed by atoms with Crippen LogP contribution in [-0.4, -0.2) is 48.4 Å². The lowest BCUT2D eigenvalue weighted by Crippen LogP contribution is -2.40. The molecule has 2 atom stereocenters. The van der Waals surface area contributed by atoms with E-state index in [0.717, 1.165) is 19.3 Å². The number of rotatable bonds is 3. The molecule has 2 unspecified atom stereocenters. The van der Waals surface area contributed by atoms with E-state index >= 15 is 0 Å². The Bertz CT molecular complexity index is 223. The Balaban J connectivity index is 2.54. The molecule has 1 aliphatic rings. The van der Waals surface area contributed by atoms with Gasteiger partial charge < -0.3 is 20.5 Å². The predicted molar refractivity (Wildman–Crippen MR) is 61.0 cm³/mol. The summed E-state index contributed by atoms with van der Waals surface area (Å²) in [5, 5.41) is 9.73. The molecule has 0 aromatic heterocycles. The van der Waals surface area contributed by atoms with Crippen LogP contribution in [-0.2, 0) is 4.74 Å². The predicted octanol–water partition coefficient (Wildman–Crippen LogP) is 0.565. The maximum atomic E-state index is 11.6. The van der Waals surface area contributed by atoms with Crippen molar-refractivity contribution >= 4 is 6.09 Å². The Labute approximate surface area is 96.6 Å². The molecule has 5 nitrogen and oxygen atoms in total. The van der Waals surface area contributed by atoms with Crippen LogP contribution in [0.5, 0.6) is 0 Å². The number of amides is 1. The van der Waals surface area contributed by atoms with Crippen LogP contribution < -0.4 is 5.73 Å². The normalized spacial score (nSPS) is 23.7. The van der Waals surface area contributed by atoms with Gasteiger partial charge in [0.2, 0.25) is 0 Å². The molecule has 0 aromatic rings. The number of carbonyl (C=O) groups is 1. The molecule has 1 aliphatic heterocycles. The van der Waals surface area contributed by atoms with Crippen LogP contribution in [0.15, 0.2) is 0 Å². The molecule has 0 saturated carbocycles. The number of aliphatic hydroxyl groups is 1. The summed E-state index contributed by atoms with van der Waals surface area (Å²) in [7, 11) is 0. The second-order valence-corrected chi connectivity index (χ2v) is 4.20. The van der Waals surface area contributed by atoms with Gasteiger partial charge >= 0.3 is 6.09 Å². The summed E-state index contributed by atoms with van der Waals surface area (Å²) in [5.41, 5.74) is 5.45. The number of carbonyl (C=O) groups excluding carboxylic acids is 1. The summed E-state index contributed by atoms with van der Waals surface area (Å²) in [6, 6.07) is 0. The highest BCUT2D eigenvalue weighted by Crippen LogP contribution is 2.19. The summed E-state index contributed by atoms with van der Waals surface area (Å²) >= 11 is 0. The van der Waals surface area contributed by atoms with E-state index in [2.05, 4.69) is 0 Å². The zero-order valence-corrected chi connectivity index (χ0v) is 9.89. The number of nitrogens with zero attached hydrogens (tertiary/aromatic N) is 1. The van der Waals surface area contributed by atoms with Gasteiger partial charge in [-0.05, 0) is 19.8 Å². The monoisotopic (exact) mass is 230 g/mol. The molecule has 5 heteroatoms. The van der Waals surface area contributed by atoms with Gasteiger partial charge in [0, 0.05) is 25.6 Å². The fraction of sp³-hybridized carbons (Fsp3) is 0.909. The molecule has 0 aromatic carbocycles. The third kappa shape index (κ3) is 3.64. The quantitative estimate of drug-likeness (QED) is 0.743. The molecule has 0 spiro atoms. The van der Waals surface area contributed by atoms with Gasteiger partial charge in [-0.25, -0.2) is 4.79 Å². The smallest absolute Gasteiger partial charge is 0.409 e. The van der Waals surface area contributed by atoms with Gasteiger partial charge in [0.1, 0.15) is 0 Å². The first kappa shape index (κ1) is 13.3. The van der Waals surface area contributed by atoms with Gasteiger partial charge in [-0.3, -0.25) is 0 Å². The van der Waals surface area contributed by atoms with Crippen molar-refractivity contribution in [1.29, 1.82) is 0 Å². The minimum Gasteiger partial charge on any atom is -0.450 e. The number of likely N-dealkylation sites (tertiary alicyclic amines) is 1. The minimum absolute atomic E-state index is 0.0805. The standard InChI is InChI=1S/C11H22N2O3/c1-2-16-11(15)13-6-4-3-5-9(8-13)10(14)7-12/h9-10,14H,2-8,12H2,1H3. The second kappa shape index (κ2) is 6.70. The molecule has 1 saturated heterocycles. The number of hydrogen-bond acceptors (Lipinski definition) is 4. The fourth-order valence-electron chi connectivity index (χ4n) is 2.06. The van der Waals surface area contributed by atoms with Crippen molar-refractivity contribution in [2.45, 2.75) is 32.3 Å². The molecule has 94 valence electrons. The first-order valence-corrected chi connectivity index (χ1v) is 5.98. The summed E-state index contributed by atoms with van der Waals surface area (Å²) in [4.78, 5) is 13.3. The fourth-order valence-corrected chi connectivity index (χ4v) is 2.06. The van der Waals surface area contributed by atoms with Crippen LogP contribution in [0.2, 0.25) is 0 Å². The molecule has 0 radical (unpaired) electrons. The number of nitrogens with two attached hydrogens (primary N) is 1. The van der Waals surface area contributed by atoms with Gasteiger partial charge in [-0.1, -0.05) is 6.42 Å². The van der Waals surface area contributed by atoms with E-state index in [0.29, 0.717) is 19.7 Å².